The molecule has 0 radical (unpaired) electrons. The van der Waals surface area contributed by atoms with E-state index >= 15 is 0 Å². The summed E-state index contributed by atoms with van der Waals surface area (Å²) in [4.78, 5) is 0. The van der Waals surface area contributed by atoms with Gasteiger partial charge in [0.2, 0.25) is 0 Å². The van der Waals surface area contributed by atoms with Crippen molar-refractivity contribution in [1.29, 1.82) is 0 Å². The quantitative estimate of drug-likeness (QED) is 0.536. The molecule has 2 N–H and O–H groups in total. The minimum absolute atomic E-state index is 0.629. The first-order valence-corrected chi connectivity index (χ1v) is 7.78. The van der Waals surface area contributed by atoms with E-state index in [1.54, 1.807) is 0 Å². The lowest BCUT2D eigenvalue weighted by Gasteiger charge is -2.24. The summed E-state index contributed by atoms with van der Waals surface area (Å²) in [7, 11) is 0. The fourth-order valence-electron chi connectivity index (χ4n) is 2.41. The molecule has 0 aliphatic heterocycles. The zero-order valence-corrected chi connectivity index (χ0v) is 12.1. The summed E-state index contributed by atoms with van der Waals surface area (Å²) < 4.78 is 0. The molecule has 1 saturated carbocycles. The molecule has 0 aromatic rings. The predicted molar refractivity (Wildman–Crippen MR) is 79.4 cm³/mol. The third-order valence-corrected chi connectivity index (χ3v) is 3.77. The summed E-state index contributed by atoms with van der Waals surface area (Å²) >= 11 is 5.31. The average molecular weight is 256 g/mol. The Labute approximate surface area is 112 Å². The van der Waals surface area contributed by atoms with E-state index in [2.05, 4.69) is 17.6 Å². The van der Waals surface area contributed by atoms with Gasteiger partial charge in [-0.15, -0.1) is 0 Å². The first-order chi connectivity index (χ1) is 8.33. The van der Waals surface area contributed by atoms with Crippen LogP contribution in [0, 0.1) is 0 Å². The van der Waals surface area contributed by atoms with Gasteiger partial charge in [-0.2, -0.15) is 0 Å². The fourth-order valence-corrected chi connectivity index (χ4v) is 2.68. The van der Waals surface area contributed by atoms with Gasteiger partial charge in [0.15, 0.2) is 5.11 Å². The Morgan fingerprint density at radius 1 is 1.06 bits per heavy atom. The molecular weight excluding hydrogens is 228 g/mol. The lowest BCUT2D eigenvalue weighted by Crippen LogP contribution is -2.42. The van der Waals surface area contributed by atoms with E-state index < -0.39 is 0 Å². The largest absolute Gasteiger partial charge is 0.363 e. The molecule has 0 aromatic heterocycles. The highest BCUT2D eigenvalue weighted by atomic mass is 32.1. The van der Waals surface area contributed by atoms with Crippen LogP contribution in [-0.2, 0) is 0 Å². The Morgan fingerprint density at radius 2 is 1.76 bits per heavy atom. The van der Waals surface area contributed by atoms with Crippen molar-refractivity contribution in [2.75, 3.05) is 6.54 Å². The van der Waals surface area contributed by atoms with Crippen molar-refractivity contribution in [3.8, 4) is 0 Å². The molecule has 1 aliphatic rings. The van der Waals surface area contributed by atoms with Crippen LogP contribution in [0.1, 0.15) is 71.1 Å². The van der Waals surface area contributed by atoms with Crippen molar-refractivity contribution < 1.29 is 0 Å². The second-order valence-electron chi connectivity index (χ2n) is 5.15. The third kappa shape index (κ3) is 7.58. The van der Waals surface area contributed by atoms with Crippen LogP contribution in [0.2, 0.25) is 0 Å². The fraction of sp³-hybridized carbons (Fsp3) is 0.929. The van der Waals surface area contributed by atoms with E-state index in [1.807, 2.05) is 0 Å². The molecule has 0 saturated heterocycles. The summed E-state index contributed by atoms with van der Waals surface area (Å²) in [5.41, 5.74) is 0. The Hall–Kier alpha value is -0.310. The highest BCUT2D eigenvalue weighted by molar-refractivity contribution is 7.80. The Bertz CT molecular complexity index is 200. The summed E-state index contributed by atoms with van der Waals surface area (Å²) in [5, 5.41) is 7.64. The van der Waals surface area contributed by atoms with Gasteiger partial charge in [-0.05, 0) is 31.5 Å². The maximum Gasteiger partial charge on any atom is 0.166 e. The van der Waals surface area contributed by atoms with Crippen LogP contribution in [0.5, 0.6) is 0 Å². The van der Waals surface area contributed by atoms with Gasteiger partial charge in [0.1, 0.15) is 0 Å². The van der Waals surface area contributed by atoms with Gasteiger partial charge < -0.3 is 10.6 Å². The van der Waals surface area contributed by atoms with Crippen molar-refractivity contribution in [1.82, 2.24) is 10.6 Å². The summed E-state index contributed by atoms with van der Waals surface area (Å²) in [5.74, 6) is 0. The number of thiocarbonyl (C=S) groups is 1. The molecule has 1 rings (SSSR count). The van der Waals surface area contributed by atoms with Crippen molar-refractivity contribution in [3.63, 3.8) is 0 Å². The summed E-state index contributed by atoms with van der Waals surface area (Å²) in [6.45, 7) is 3.28. The topological polar surface area (TPSA) is 24.1 Å². The normalized spacial score (nSPS) is 16.8. The van der Waals surface area contributed by atoms with Crippen LogP contribution in [0.4, 0.5) is 0 Å². The molecule has 0 heterocycles. The lowest BCUT2D eigenvalue weighted by molar-refractivity contribution is 0.412. The molecule has 0 amide bonds. The van der Waals surface area contributed by atoms with Crippen molar-refractivity contribution >= 4 is 17.3 Å². The van der Waals surface area contributed by atoms with E-state index in [4.69, 9.17) is 12.2 Å². The van der Waals surface area contributed by atoms with Crippen molar-refractivity contribution in [2.24, 2.45) is 0 Å². The van der Waals surface area contributed by atoms with Gasteiger partial charge in [-0.3, -0.25) is 0 Å². The zero-order chi connectivity index (χ0) is 12.3. The molecular formula is C14H28N2S. The van der Waals surface area contributed by atoms with Crippen LogP contribution >= 0.6 is 12.2 Å². The minimum Gasteiger partial charge on any atom is -0.363 e. The monoisotopic (exact) mass is 256 g/mol. The molecule has 3 heteroatoms. The number of hydrogen-bond acceptors (Lipinski definition) is 1. The number of rotatable bonds is 7. The van der Waals surface area contributed by atoms with E-state index in [1.165, 1.54) is 64.2 Å². The number of hydrogen-bond donors (Lipinski definition) is 2. The Balaban J connectivity index is 1.93. The molecule has 0 unspecified atom stereocenters. The maximum absolute atomic E-state index is 5.31. The lowest BCUT2D eigenvalue weighted by atomic mass is 9.96. The second-order valence-corrected chi connectivity index (χ2v) is 5.56. The summed E-state index contributed by atoms with van der Waals surface area (Å²) in [6.07, 6.45) is 13.3. The molecule has 0 bridgehead atoms. The number of unbranched alkanes of at least 4 members (excludes halogenated alkanes) is 4. The van der Waals surface area contributed by atoms with Crippen LogP contribution < -0.4 is 10.6 Å². The van der Waals surface area contributed by atoms with Gasteiger partial charge in [-0.25, -0.2) is 0 Å². The van der Waals surface area contributed by atoms with Gasteiger partial charge in [0.25, 0.3) is 0 Å². The first-order valence-electron chi connectivity index (χ1n) is 7.37. The molecule has 1 fully saturated rings. The molecule has 0 spiro atoms. The van der Waals surface area contributed by atoms with Gasteiger partial charge in [0.05, 0.1) is 0 Å². The van der Waals surface area contributed by atoms with Crippen LogP contribution in [0.25, 0.3) is 0 Å². The molecule has 2 nitrogen and oxygen atoms in total. The highest BCUT2D eigenvalue weighted by Crippen LogP contribution is 2.17. The molecule has 0 aromatic carbocycles. The SMILES string of the molecule is CCCCCCCNC(=S)NC1CCCCC1. The van der Waals surface area contributed by atoms with Gasteiger partial charge in [-0.1, -0.05) is 51.9 Å². The Morgan fingerprint density at radius 3 is 2.47 bits per heavy atom. The average Bonchev–Trinajstić information content (AvgIpc) is 2.35. The summed E-state index contributed by atoms with van der Waals surface area (Å²) in [6, 6.07) is 0.629. The molecule has 0 atom stereocenters. The van der Waals surface area contributed by atoms with Crippen LogP contribution in [0.15, 0.2) is 0 Å². The molecule has 1 aliphatic carbocycles. The predicted octanol–water partition coefficient (Wildman–Crippen LogP) is 3.75. The Kier molecular flexibility index (Phi) is 8.41. The van der Waals surface area contributed by atoms with Gasteiger partial charge >= 0.3 is 0 Å². The van der Waals surface area contributed by atoms with Gasteiger partial charge in [0, 0.05) is 12.6 Å². The molecule has 100 valence electrons. The standard InChI is InChI=1S/C14H28N2S/c1-2-3-4-5-9-12-15-14(17)16-13-10-7-6-8-11-13/h13H,2-12H2,1H3,(H2,15,16,17). The maximum atomic E-state index is 5.31. The third-order valence-electron chi connectivity index (χ3n) is 3.51. The second kappa shape index (κ2) is 9.69. The number of nitrogens with one attached hydrogen (secondary N) is 2. The van der Waals surface area contributed by atoms with Crippen LogP contribution in [-0.4, -0.2) is 17.7 Å². The first kappa shape index (κ1) is 14.7. The smallest absolute Gasteiger partial charge is 0.166 e. The molecule has 17 heavy (non-hydrogen) atoms. The van der Waals surface area contributed by atoms with E-state index in [9.17, 15) is 0 Å². The zero-order valence-electron chi connectivity index (χ0n) is 11.3. The van der Waals surface area contributed by atoms with E-state index in [0.29, 0.717) is 6.04 Å². The van der Waals surface area contributed by atoms with Crippen LogP contribution in [0.3, 0.4) is 0 Å². The highest BCUT2D eigenvalue weighted by Gasteiger charge is 2.13. The van der Waals surface area contributed by atoms with E-state index in [-0.39, 0.29) is 0 Å². The van der Waals surface area contributed by atoms with E-state index in [0.717, 1.165) is 11.7 Å². The minimum atomic E-state index is 0.629. The van der Waals surface area contributed by atoms with Crippen molar-refractivity contribution in [3.05, 3.63) is 0 Å². The van der Waals surface area contributed by atoms with Crippen molar-refractivity contribution in [2.45, 2.75) is 77.2 Å².